The fourth-order valence-electron chi connectivity index (χ4n) is 2.63. The lowest BCUT2D eigenvalue weighted by Crippen LogP contribution is -2.27. The van der Waals surface area contributed by atoms with E-state index in [-0.39, 0.29) is 24.4 Å². The van der Waals surface area contributed by atoms with Gasteiger partial charge in [0.15, 0.2) is 0 Å². The minimum Gasteiger partial charge on any atom is -0.491 e. The summed E-state index contributed by atoms with van der Waals surface area (Å²) in [6.07, 6.45) is 2.85. The molecule has 0 bridgehead atoms. The molecule has 1 unspecified atom stereocenters. The second-order valence-electron chi connectivity index (χ2n) is 5.99. The average molecular weight is 327 g/mol. The summed E-state index contributed by atoms with van der Waals surface area (Å²) in [7, 11) is 0. The molecule has 0 aromatic heterocycles. The van der Waals surface area contributed by atoms with Gasteiger partial charge < -0.3 is 15.4 Å². The highest BCUT2D eigenvalue weighted by Gasteiger charge is 2.14. The van der Waals surface area contributed by atoms with Crippen molar-refractivity contribution in [2.75, 3.05) is 19.6 Å². The molecule has 1 saturated heterocycles. The summed E-state index contributed by atoms with van der Waals surface area (Å²) in [4.78, 5) is 12.0. The fraction of sp³-hybridized carbons (Fsp3) is 0.588. The Hall–Kier alpha value is -1.26. The van der Waals surface area contributed by atoms with E-state index in [4.69, 9.17) is 4.74 Å². The summed E-state index contributed by atoms with van der Waals surface area (Å²) < 4.78 is 5.65. The molecule has 0 aliphatic carbocycles. The Bertz CT molecular complexity index is 460. The molecular formula is C17H27ClN2O2. The highest BCUT2D eigenvalue weighted by molar-refractivity contribution is 5.85. The molecule has 2 N–H and O–H groups in total. The number of hydrogen-bond acceptors (Lipinski definition) is 3. The molecule has 0 saturated carbocycles. The van der Waals surface area contributed by atoms with Crippen molar-refractivity contribution in [2.45, 2.75) is 39.2 Å². The molecule has 1 aromatic carbocycles. The molecule has 1 aliphatic rings. The van der Waals surface area contributed by atoms with Gasteiger partial charge in [-0.05, 0) is 63.4 Å². The van der Waals surface area contributed by atoms with Crippen LogP contribution in [0.3, 0.4) is 0 Å². The maximum absolute atomic E-state index is 12.0. The molecule has 22 heavy (non-hydrogen) atoms. The van der Waals surface area contributed by atoms with Crippen LogP contribution in [0.1, 0.15) is 32.3 Å². The summed E-state index contributed by atoms with van der Waals surface area (Å²) in [5, 5.41) is 6.36. The van der Waals surface area contributed by atoms with Gasteiger partial charge in [0.05, 0.1) is 12.5 Å². The topological polar surface area (TPSA) is 50.4 Å². The van der Waals surface area contributed by atoms with Crippen molar-refractivity contribution in [3.63, 3.8) is 0 Å². The third kappa shape index (κ3) is 6.67. The molecule has 0 spiro atoms. The Kier molecular flexibility index (Phi) is 8.28. The predicted molar refractivity (Wildman–Crippen MR) is 91.8 cm³/mol. The van der Waals surface area contributed by atoms with E-state index in [0.717, 1.165) is 37.4 Å². The Morgan fingerprint density at radius 3 is 2.95 bits per heavy atom. The molecule has 5 heteroatoms. The van der Waals surface area contributed by atoms with E-state index in [1.54, 1.807) is 0 Å². The van der Waals surface area contributed by atoms with Crippen LogP contribution in [0.25, 0.3) is 0 Å². The first kappa shape index (κ1) is 18.8. The second-order valence-corrected chi connectivity index (χ2v) is 5.99. The van der Waals surface area contributed by atoms with E-state index < -0.39 is 0 Å². The van der Waals surface area contributed by atoms with Crippen LogP contribution >= 0.6 is 12.4 Å². The molecule has 1 amide bonds. The number of hydrogen-bond donors (Lipinski definition) is 2. The van der Waals surface area contributed by atoms with Crippen LogP contribution in [-0.2, 0) is 11.2 Å². The van der Waals surface area contributed by atoms with Gasteiger partial charge in [-0.15, -0.1) is 12.4 Å². The van der Waals surface area contributed by atoms with Crippen molar-refractivity contribution >= 4 is 18.3 Å². The lowest BCUT2D eigenvalue weighted by molar-refractivity contribution is -0.120. The lowest BCUT2D eigenvalue weighted by Gasteiger charge is -2.11. The van der Waals surface area contributed by atoms with Gasteiger partial charge in [-0.2, -0.15) is 0 Å². The summed E-state index contributed by atoms with van der Waals surface area (Å²) in [6.45, 7) is 6.97. The first-order valence-electron chi connectivity index (χ1n) is 7.86. The SMILES string of the molecule is CC(C)Oc1cccc(CC(=O)NCCC2CCNC2)c1.Cl. The number of ether oxygens (including phenoxy) is 1. The zero-order chi connectivity index (χ0) is 15.1. The van der Waals surface area contributed by atoms with Gasteiger partial charge in [-0.25, -0.2) is 0 Å². The van der Waals surface area contributed by atoms with E-state index >= 15 is 0 Å². The van der Waals surface area contributed by atoms with Crippen LogP contribution in [0.2, 0.25) is 0 Å². The summed E-state index contributed by atoms with van der Waals surface area (Å²) >= 11 is 0. The number of carbonyl (C=O) groups excluding carboxylic acids is 1. The van der Waals surface area contributed by atoms with E-state index in [2.05, 4.69) is 10.6 Å². The normalized spacial score (nSPS) is 17.1. The number of rotatable bonds is 7. The molecule has 1 aromatic rings. The first-order chi connectivity index (χ1) is 10.1. The first-order valence-corrected chi connectivity index (χ1v) is 7.86. The van der Waals surface area contributed by atoms with E-state index in [0.29, 0.717) is 12.3 Å². The molecular weight excluding hydrogens is 300 g/mol. The van der Waals surface area contributed by atoms with Crippen LogP contribution < -0.4 is 15.4 Å². The van der Waals surface area contributed by atoms with Crippen molar-refractivity contribution in [2.24, 2.45) is 5.92 Å². The lowest BCUT2D eigenvalue weighted by atomic mass is 10.1. The van der Waals surface area contributed by atoms with Crippen LogP contribution in [0.15, 0.2) is 24.3 Å². The van der Waals surface area contributed by atoms with Crippen molar-refractivity contribution in [3.8, 4) is 5.75 Å². The summed E-state index contributed by atoms with van der Waals surface area (Å²) in [6, 6.07) is 7.77. The van der Waals surface area contributed by atoms with Crippen LogP contribution in [0, 0.1) is 5.92 Å². The van der Waals surface area contributed by atoms with Gasteiger partial charge in [-0.3, -0.25) is 4.79 Å². The molecule has 1 heterocycles. The molecule has 4 nitrogen and oxygen atoms in total. The van der Waals surface area contributed by atoms with Crippen LogP contribution in [0.5, 0.6) is 5.75 Å². The quantitative estimate of drug-likeness (QED) is 0.809. The van der Waals surface area contributed by atoms with Gasteiger partial charge >= 0.3 is 0 Å². The van der Waals surface area contributed by atoms with Crippen LogP contribution in [-0.4, -0.2) is 31.6 Å². The number of nitrogens with one attached hydrogen (secondary N) is 2. The maximum atomic E-state index is 12.0. The Morgan fingerprint density at radius 1 is 1.45 bits per heavy atom. The van der Waals surface area contributed by atoms with E-state index in [1.165, 1.54) is 6.42 Å². The van der Waals surface area contributed by atoms with Gasteiger partial charge in [0.1, 0.15) is 5.75 Å². The third-order valence-corrected chi connectivity index (χ3v) is 3.67. The highest BCUT2D eigenvalue weighted by Crippen LogP contribution is 2.15. The van der Waals surface area contributed by atoms with Crippen molar-refractivity contribution in [1.82, 2.24) is 10.6 Å². The Morgan fingerprint density at radius 2 is 2.27 bits per heavy atom. The third-order valence-electron chi connectivity index (χ3n) is 3.67. The number of benzene rings is 1. The van der Waals surface area contributed by atoms with Gasteiger partial charge in [-0.1, -0.05) is 12.1 Å². The molecule has 1 aliphatic heterocycles. The largest absolute Gasteiger partial charge is 0.491 e. The van der Waals surface area contributed by atoms with Crippen molar-refractivity contribution in [3.05, 3.63) is 29.8 Å². The number of amides is 1. The summed E-state index contributed by atoms with van der Waals surface area (Å²) in [5.74, 6) is 1.63. The van der Waals surface area contributed by atoms with Crippen LogP contribution in [0.4, 0.5) is 0 Å². The molecule has 0 radical (unpaired) electrons. The fourth-order valence-corrected chi connectivity index (χ4v) is 2.63. The average Bonchev–Trinajstić information content (AvgIpc) is 2.91. The molecule has 124 valence electrons. The van der Waals surface area contributed by atoms with E-state index in [9.17, 15) is 4.79 Å². The van der Waals surface area contributed by atoms with Crippen molar-refractivity contribution in [1.29, 1.82) is 0 Å². The highest BCUT2D eigenvalue weighted by atomic mass is 35.5. The minimum absolute atomic E-state index is 0. The monoisotopic (exact) mass is 326 g/mol. The molecule has 1 fully saturated rings. The van der Waals surface area contributed by atoms with Gasteiger partial charge in [0.25, 0.3) is 0 Å². The Balaban J connectivity index is 0.00000242. The standard InChI is InChI=1S/C17H26N2O2.ClH/c1-13(2)21-16-5-3-4-15(10-16)11-17(20)19-9-7-14-6-8-18-12-14;/h3-5,10,13-14,18H,6-9,11-12H2,1-2H3,(H,19,20);1H. The minimum atomic E-state index is 0. The Labute approximate surface area is 139 Å². The predicted octanol–water partition coefficient (Wildman–Crippen LogP) is 2.55. The number of halogens is 1. The maximum Gasteiger partial charge on any atom is 0.224 e. The molecule has 2 rings (SSSR count). The van der Waals surface area contributed by atoms with E-state index in [1.807, 2.05) is 38.1 Å². The smallest absolute Gasteiger partial charge is 0.224 e. The zero-order valence-electron chi connectivity index (χ0n) is 13.4. The van der Waals surface area contributed by atoms with Crippen molar-refractivity contribution < 1.29 is 9.53 Å². The second kappa shape index (κ2) is 9.70. The van der Waals surface area contributed by atoms with Gasteiger partial charge in [0, 0.05) is 6.54 Å². The number of carbonyl (C=O) groups is 1. The van der Waals surface area contributed by atoms with Gasteiger partial charge in [0.2, 0.25) is 5.91 Å². The zero-order valence-corrected chi connectivity index (χ0v) is 14.2. The molecule has 1 atom stereocenters. The summed E-state index contributed by atoms with van der Waals surface area (Å²) in [5.41, 5.74) is 0.994.